The van der Waals surface area contributed by atoms with E-state index in [1.807, 2.05) is 0 Å². The Balaban J connectivity index is 1.81. The smallest absolute Gasteiger partial charge is 0.249 e. The molecule has 1 N–H and O–H groups in total. The Morgan fingerprint density at radius 3 is 2.71 bits per heavy atom. The summed E-state index contributed by atoms with van der Waals surface area (Å²) in [6.07, 6.45) is 5.51. The number of nitrogens with one attached hydrogen (secondary N) is 1. The van der Waals surface area contributed by atoms with Gasteiger partial charge < -0.3 is 10.2 Å². The third-order valence-electron chi connectivity index (χ3n) is 3.87. The molecule has 1 fully saturated rings. The number of anilines is 3. The van der Waals surface area contributed by atoms with Crippen LogP contribution in [0.4, 0.5) is 17.5 Å². The fourth-order valence-corrected chi connectivity index (χ4v) is 2.61. The van der Waals surface area contributed by atoms with E-state index in [0.29, 0.717) is 5.95 Å². The van der Waals surface area contributed by atoms with Crippen LogP contribution in [0.25, 0.3) is 0 Å². The maximum Gasteiger partial charge on any atom is 0.249 e. The lowest BCUT2D eigenvalue weighted by molar-refractivity contribution is 0.572. The first-order valence-electron chi connectivity index (χ1n) is 7.51. The summed E-state index contributed by atoms with van der Waals surface area (Å²) >= 11 is 0. The van der Waals surface area contributed by atoms with Crippen molar-refractivity contribution in [1.29, 1.82) is 0 Å². The van der Waals surface area contributed by atoms with Gasteiger partial charge in [-0.05, 0) is 50.3 Å². The number of aryl methyl sites for hydroxylation is 2. The van der Waals surface area contributed by atoms with Crippen LogP contribution in [0.1, 0.15) is 30.4 Å². The Kier molecular flexibility index (Phi) is 3.99. The van der Waals surface area contributed by atoms with E-state index < -0.39 is 0 Å². The van der Waals surface area contributed by atoms with Crippen molar-refractivity contribution in [2.24, 2.45) is 0 Å². The van der Waals surface area contributed by atoms with Crippen molar-refractivity contribution in [3.63, 3.8) is 0 Å². The molecular weight excluding hydrogens is 262 g/mol. The molecule has 0 unspecified atom stereocenters. The van der Waals surface area contributed by atoms with Crippen molar-refractivity contribution < 1.29 is 0 Å². The van der Waals surface area contributed by atoms with E-state index in [1.165, 1.54) is 30.4 Å². The molecule has 0 saturated carbocycles. The minimum atomic E-state index is 0.562. The van der Waals surface area contributed by atoms with Crippen molar-refractivity contribution in [3.8, 4) is 0 Å². The molecule has 110 valence electrons. The summed E-state index contributed by atoms with van der Waals surface area (Å²) < 4.78 is 0. The molecule has 1 aromatic carbocycles. The molecule has 0 spiro atoms. The first-order chi connectivity index (χ1) is 10.2. The molecule has 0 aliphatic carbocycles. The highest BCUT2D eigenvalue weighted by atomic mass is 15.3. The first-order valence-corrected chi connectivity index (χ1v) is 7.51. The zero-order valence-corrected chi connectivity index (χ0v) is 12.6. The van der Waals surface area contributed by atoms with E-state index >= 15 is 0 Å². The van der Waals surface area contributed by atoms with Gasteiger partial charge in [0.2, 0.25) is 5.95 Å². The molecule has 5 nitrogen and oxygen atoms in total. The van der Waals surface area contributed by atoms with E-state index in [1.54, 1.807) is 6.20 Å². The molecule has 0 amide bonds. The minimum Gasteiger partial charge on any atom is -0.355 e. The van der Waals surface area contributed by atoms with Crippen molar-refractivity contribution in [2.45, 2.75) is 33.1 Å². The quantitative estimate of drug-likeness (QED) is 0.937. The summed E-state index contributed by atoms with van der Waals surface area (Å²) in [5, 5.41) is 11.5. The van der Waals surface area contributed by atoms with Gasteiger partial charge in [-0.25, -0.2) is 0 Å². The molecule has 1 aromatic heterocycles. The van der Waals surface area contributed by atoms with Crippen LogP contribution in [-0.4, -0.2) is 28.3 Å². The molecule has 0 atom stereocenters. The Morgan fingerprint density at radius 1 is 1.10 bits per heavy atom. The number of hydrogen-bond acceptors (Lipinski definition) is 5. The second kappa shape index (κ2) is 6.08. The second-order valence-corrected chi connectivity index (χ2v) is 5.63. The van der Waals surface area contributed by atoms with Crippen LogP contribution in [0.3, 0.4) is 0 Å². The lowest BCUT2D eigenvalue weighted by atomic mass is 10.1. The second-order valence-electron chi connectivity index (χ2n) is 5.63. The Morgan fingerprint density at radius 2 is 1.90 bits per heavy atom. The molecule has 1 aliphatic heterocycles. The Labute approximate surface area is 125 Å². The van der Waals surface area contributed by atoms with E-state index in [-0.39, 0.29) is 0 Å². The van der Waals surface area contributed by atoms with Gasteiger partial charge in [0.05, 0.1) is 6.20 Å². The molecule has 0 radical (unpaired) electrons. The van der Waals surface area contributed by atoms with Gasteiger partial charge in [-0.15, -0.1) is 5.10 Å². The predicted octanol–water partition coefficient (Wildman–Crippen LogP) is 3.22. The van der Waals surface area contributed by atoms with Gasteiger partial charge in [-0.1, -0.05) is 12.1 Å². The van der Waals surface area contributed by atoms with Crippen LogP contribution in [0.15, 0.2) is 24.4 Å². The number of nitrogens with zero attached hydrogens (tertiary/aromatic N) is 4. The molecule has 0 bridgehead atoms. The molecular formula is C16H21N5. The number of rotatable bonds is 3. The lowest BCUT2D eigenvalue weighted by Crippen LogP contribution is -2.30. The minimum absolute atomic E-state index is 0.562. The van der Waals surface area contributed by atoms with Gasteiger partial charge in [0.25, 0.3) is 0 Å². The van der Waals surface area contributed by atoms with Crippen LogP contribution in [0.2, 0.25) is 0 Å². The summed E-state index contributed by atoms with van der Waals surface area (Å²) in [5.41, 5.74) is 3.42. The highest BCUT2D eigenvalue weighted by Gasteiger charge is 2.13. The van der Waals surface area contributed by atoms with Crippen LogP contribution < -0.4 is 10.2 Å². The molecule has 21 heavy (non-hydrogen) atoms. The predicted molar refractivity (Wildman–Crippen MR) is 85.1 cm³/mol. The van der Waals surface area contributed by atoms with Crippen molar-refractivity contribution in [3.05, 3.63) is 35.5 Å². The monoisotopic (exact) mass is 283 g/mol. The highest BCUT2D eigenvalue weighted by Crippen LogP contribution is 2.21. The van der Waals surface area contributed by atoms with Crippen LogP contribution in [-0.2, 0) is 0 Å². The fraction of sp³-hybridized carbons (Fsp3) is 0.438. The number of piperidine rings is 1. The summed E-state index contributed by atoms with van der Waals surface area (Å²) in [6.45, 7) is 6.26. The standard InChI is InChI=1S/C16H21N5/c1-12-6-7-13(2)14(10-12)18-16-19-15(11-17-20-16)21-8-4-3-5-9-21/h6-7,10-11H,3-5,8-9H2,1-2H3,(H,18,19,20). The zero-order valence-electron chi connectivity index (χ0n) is 12.6. The molecule has 1 aliphatic rings. The number of aromatic nitrogens is 3. The van der Waals surface area contributed by atoms with Gasteiger partial charge in [-0.3, -0.25) is 0 Å². The topological polar surface area (TPSA) is 53.9 Å². The largest absolute Gasteiger partial charge is 0.355 e. The molecule has 2 aromatic rings. The van der Waals surface area contributed by atoms with E-state index in [9.17, 15) is 0 Å². The van der Waals surface area contributed by atoms with Gasteiger partial charge in [0.1, 0.15) is 0 Å². The van der Waals surface area contributed by atoms with Crippen molar-refractivity contribution in [2.75, 3.05) is 23.3 Å². The van der Waals surface area contributed by atoms with E-state index in [0.717, 1.165) is 24.6 Å². The van der Waals surface area contributed by atoms with Crippen molar-refractivity contribution in [1.82, 2.24) is 15.2 Å². The average Bonchev–Trinajstić information content (AvgIpc) is 2.52. The third-order valence-corrected chi connectivity index (χ3v) is 3.87. The van der Waals surface area contributed by atoms with Gasteiger partial charge in [-0.2, -0.15) is 10.1 Å². The Bertz CT molecular complexity index is 620. The lowest BCUT2D eigenvalue weighted by Gasteiger charge is -2.27. The van der Waals surface area contributed by atoms with Crippen molar-refractivity contribution >= 4 is 17.5 Å². The normalized spacial score (nSPS) is 15.0. The summed E-state index contributed by atoms with van der Waals surface area (Å²) in [4.78, 5) is 6.89. The van der Waals surface area contributed by atoms with E-state index in [2.05, 4.69) is 57.4 Å². The third kappa shape index (κ3) is 3.29. The van der Waals surface area contributed by atoms with Crippen LogP contribution in [0, 0.1) is 13.8 Å². The van der Waals surface area contributed by atoms with Gasteiger partial charge >= 0.3 is 0 Å². The van der Waals surface area contributed by atoms with E-state index in [4.69, 9.17) is 0 Å². The zero-order chi connectivity index (χ0) is 14.7. The fourth-order valence-electron chi connectivity index (χ4n) is 2.61. The van der Waals surface area contributed by atoms with Gasteiger partial charge in [0.15, 0.2) is 5.82 Å². The molecule has 3 rings (SSSR count). The number of benzene rings is 1. The molecule has 2 heterocycles. The molecule has 5 heteroatoms. The average molecular weight is 283 g/mol. The maximum absolute atomic E-state index is 4.60. The van der Waals surface area contributed by atoms with Gasteiger partial charge in [0, 0.05) is 18.8 Å². The number of hydrogen-bond donors (Lipinski definition) is 1. The summed E-state index contributed by atoms with van der Waals surface area (Å²) in [7, 11) is 0. The van der Waals surface area contributed by atoms with Crippen LogP contribution in [0.5, 0.6) is 0 Å². The SMILES string of the molecule is Cc1ccc(C)c(Nc2nncc(N3CCCCC3)n2)c1. The highest BCUT2D eigenvalue weighted by molar-refractivity contribution is 5.59. The Hall–Kier alpha value is -2.17. The summed E-state index contributed by atoms with van der Waals surface area (Å²) in [5.74, 6) is 1.48. The summed E-state index contributed by atoms with van der Waals surface area (Å²) in [6, 6.07) is 6.30. The van der Waals surface area contributed by atoms with Crippen LogP contribution >= 0.6 is 0 Å². The first kappa shape index (κ1) is 13.8. The maximum atomic E-state index is 4.60. The molecule has 1 saturated heterocycles.